The quantitative estimate of drug-likeness (QED) is 0.479. The van der Waals surface area contributed by atoms with E-state index in [2.05, 4.69) is 27.7 Å². The maximum absolute atomic E-state index is 12.8. The van der Waals surface area contributed by atoms with Crippen molar-refractivity contribution in [3.05, 3.63) is 11.6 Å². The summed E-state index contributed by atoms with van der Waals surface area (Å²) >= 11 is 0. The Bertz CT molecular complexity index is 873. The number of fused-ring (bicyclic) bond motifs is 2. The van der Waals surface area contributed by atoms with Crippen molar-refractivity contribution in [3.63, 3.8) is 0 Å². The maximum atomic E-state index is 12.8. The summed E-state index contributed by atoms with van der Waals surface area (Å²) in [6, 6.07) is 0. The third-order valence-corrected chi connectivity index (χ3v) is 12.3. The van der Waals surface area contributed by atoms with Gasteiger partial charge in [0.25, 0.3) is 0 Å². The zero-order chi connectivity index (χ0) is 23.8. The minimum Gasteiger partial charge on any atom is -0.478 e. The van der Waals surface area contributed by atoms with Crippen LogP contribution in [0, 0.1) is 51.2 Å². The monoisotopic (exact) mass is 456 g/mol. The molecule has 33 heavy (non-hydrogen) atoms. The number of hydrogen-bond acceptors (Lipinski definition) is 3. The molecular formula is C29H44O4. The van der Waals surface area contributed by atoms with Gasteiger partial charge in [0.2, 0.25) is 0 Å². The second-order valence-corrected chi connectivity index (χ2v) is 13.4. The molecule has 5 aliphatic carbocycles. The molecule has 2 N–H and O–H groups in total. The molecule has 0 amide bonds. The van der Waals surface area contributed by atoms with Gasteiger partial charge >= 0.3 is 5.97 Å². The van der Waals surface area contributed by atoms with Crippen LogP contribution >= 0.6 is 0 Å². The van der Waals surface area contributed by atoms with Gasteiger partial charge in [0.05, 0.1) is 12.2 Å². The van der Waals surface area contributed by atoms with Crippen molar-refractivity contribution < 1.29 is 19.8 Å². The van der Waals surface area contributed by atoms with Crippen LogP contribution in [0.25, 0.3) is 0 Å². The van der Waals surface area contributed by atoms with Gasteiger partial charge in [0, 0.05) is 11.8 Å². The number of carbonyl (C=O) groups excluding carboxylic acids is 1. The van der Waals surface area contributed by atoms with E-state index in [0.29, 0.717) is 39.8 Å². The summed E-state index contributed by atoms with van der Waals surface area (Å²) in [5.41, 5.74) is 1.39. The van der Waals surface area contributed by atoms with Gasteiger partial charge in [-0.25, -0.2) is 4.79 Å². The number of carboxylic acid groups (broad SMARTS) is 1. The molecule has 5 aliphatic rings. The molecule has 0 aliphatic heterocycles. The normalized spacial score (nSPS) is 46.6. The zero-order valence-corrected chi connectivity index (χ0v) is 21.2. The molecule has 0 heterocycles. The molecule has 5 saturated carbocycles. The lowest BCUT2D eigenvalue weighted by Crippen LogP contribution is -2.53. The second kappa shape index (κ2) is 7.67. The first-order valence-corrected chi connectivity index (χ1v) is 13.6. The second-order valence-electron chi connectivity index (χ2n) is 13.4. The van der Waals surface area contributed by atoms with E-state index in [9.17, 15) is 14.7 Å². The van der Waals surface area contributed by atoms with Crippen LogP contribution in [0.15, 0.2) is 11.6 Å². The van der Waals surface area contributed by atoms with Crippen LogP contribution in [0.1, 0.15) is 98.3 Å². The summed E-state index contributed by atoms with van der Waals surface area (Å²) in [5.74, 6) is 3.07. The van der Waals surface area contributed by atoms with Crippen molar-refractivity contribution in [1.82, 2.24) is 0 Å². The largest absolute Gasteiger partial charge is 0.478 e. The average Bonchev–Trinajstić information content (AvgIpc) is 3.30. The number of aliphatic hydroxyl groups excluding tert-OH is 1. The highest BCUT2D eigenvalue weighted by atomic mass is 16.4. The van der Waals surface area contributed by atoms with E-state index in [-0.39, 0.29) is 17.6 Å². The summed E-state index contributed by atoms with van der Waals surface area (Å²) in [4.78, 5) is 24.0. The van der Waals surface area contributed by atoms with E-state index in [4.69, 9.17) is 5.11 Å². The van der Waals surface area contributed by atoms with E-state index in [1.54, 1.807) is 6.08 Å². The van der Waals surface area contributed by atoms with Crippen LogP contribution in [-0.2, 0) is 9.59 Å². The lowest BCUT2D eigenvalue weighted by molar-refractivity contribution is -0.145. The Morgan fingerprint density at radius 1 is 1.06 bits per heavy atom. The number of carbonyl (C=O) groups is 2. The average molecular weight is 457 g/mol. The fraction of sp³-hybridized carbons (Fsp3) is 0.862. The fourth-order valence-electron chi connectivity index (χ4n) is 10.6. The van der Waals surface area contributed by atoms with Crippen molar-refractivity contribution in [2.24, 2.45) is 51.2 Å². The maximum Gasteiger partial charge on any atom is 0.333 e. The van der Waals surface area contributed by atoms with Gasteiger partial charge in [-0.2, -0.15) is 0 Å². The summed E-state index contributed by atoms with van der Waals surface area (Å²) in [7, 11) is 0. The molecule has 0 aromatic carbocycles. The Morgan fingerprint density at radius 3 is 2.48 bits per heavy atom. The van der Waals surface area contributed by atoms with Gasteiger partial charge in [0.1, 0.15) is 5.78 Å². The summed E-state index contributed by atoms with van der Waals surface area (Å²) in [6.45, 7) is 9.06. The molecule has 0 saturated heterocycles. The molecule has 0 bridgehead atoms. The number of aliphatic hydroxyl groups is 1. The standard InChI is InChI=1S/C29H44O4/c1-18(6-5-7-19(16-30)25(32)33)20-8-9-21-22-10-11-23-26(2,3)24(31)12-13-29(23)17-28(22,29)15-14-27(20,21)4/h7,18,20-23,30H,5-6,8-17H2,1-4H3,(H,32,33). The Morgan fingerprint density at radius 2 is 1.79 bits per heavy atom. The highest BCUT2D eigenvalue weighted by Gasteiger charge is 2.80. The zero-order valence-electron chi connectivity index (χ0n) is 21.2. The number of allylic oxidation sites excluding steroid dienone is 1. The number of rotatable bonds is 6. The van der Waals surface area contributed by atoms with Gasteiger partial charge in [-0.05, 0) is 110 Å². The predicted octanol–water partition coefficient (Wildman–Crippen LogP) is 6.02. The highest BCUT2D eigenvalue weighted by molar-refractivity contribution is 5.86. The molecule has 4 heteroatoms. The third kappa shape index (κ3) is 3.11. The summed E-state index contributed by atoms with van der Waals surface area (Å²) in [5, 5.41) is 18.4. The van der Waals surface area contributed by atoms with Gasteiger partial charge in [-0.3, -0.25) is 4.79 Å². The lowest BCUT2D eigenvalue weighted by Gasteiger charge is -2.58. The van der Waals surface area contributed by atoms with Crippen LogP contribution < -0.4 is 0 Å². The minimum atomic E-state index is -1.00. The molecule has 2 spiro atoms. The smallest absolute Gasteiger partial charge is 0.333 e. The molecule has 5 fully saturated rings. The van der Waals surface area contributed by atoms with E-state index in [1.165, 1.54) is 44.9 Å². The van der Waals surface area contributed by atoms with Crippen LogP contribution in [0.3, 0.4) is 0 Å². The first-order chi connectivity index (χ1) is 15.5. The molecule has 8 atom stereocenters. The first-order valence-electron chi connectivity index (χ1n) is 13.6. The molecule has 0 aromatic heterocycles. The van der Waals surface area contributed by atoms with E-state index in [1.807, 2.05) is 0 Å². The Kier molecular flexibility index (Phi) is 5.48. The lowest BCUT2D eigenvalue weighted by atomic mass is 9.46. The SMILES string of the molecule is CC(CCC=C(CO)C(=O)O)C1CCC2C3CCC4C(C)(C)C(=O)CCC45CC35CCC12C. The number of Topliss-reactive ketones (excluding diaryl/α,β-unsaturated/α-hetero) is 1. The van der Waals surface area contributed by atoms with Crippen molar-refractivity contribution in [2.45, 2.75) is 98.3 Å². The van der Waals surface area contributed by atoms with Gasteiger partial charge in [-0.15, -0.1) is 0 Å². The number of hydrogen-bond donors (Lipinski definition) is 2. The molecule has 4 nitrogen and oxygen atoms in total. The Balaban J connectivity index is 1.31. The fourth-order valence-corrected chi connectivity index (χ4v) is 10.6. The van der Waals surface area contributed by atoms with Gasteiger partial charge in [0.15, 0.2) is 0 Å². The number of carboxylic acids is 1. The van der Waals surface area contributed by atoms with E-state index < -0.39 is 5.97 Å². The summed E-state index contributed by atoms with van der Waals surface area (Å²) in [6.07, 6.45) is 14.8. The third-order valence-electron chi connectivity index (χ3n) is 12.3. The first kappa shape index (κ1) is 23.6. The number of aliphatic carboxylic acids is 1. The summed E-state index contributed by atoms with van der Waals surface area (Å²) < 4.78 is 0. The molecule has 0 radical (unpaired) electrons. The van der Waals surface area contributed by atoms with Crippen LogP contribution in [0.4, 0.5) is 0 Å². The molecule has 8 unspecified atom stereocenters. The minimum absolute atomic E-state index is 0.127. The van der Waals surface area contributed by atoms with Crippen LogP contribution in [0.2, 0.25) is 0 Å². The van der Waals surface area contributed by atoms with Crippen LogP contribution in [0.5, 0.6) is 0 Å². The topological polar surface area (TPSA) is 74.6 Å². The van der Waals surface area contributed by atoms with Crippen LogP contribution in [-0.4, -0.2) is 28.6 Å². The Hall–Kier alpha value is -1.16. The molecule has 184 valence electrons. The number of ketones is 1. The Labute approximate surface area is 199 Å². The van der Waals surface area contributed by atoms with Crippen molar-refractivity contribution in [2.75, 3.05) is 6.61 Å². The van der Waals surface area contributed by atoms with Crippen molar-refractivity contribution in [1.29, 1.82) is 0 Å². The highest BCUT2D eigenvalue weighted by Crippen LogP contribution is 2.86. The van der Waals surface area contributed by atoms with Gasteiger partial charge < -0.3 is 10.2 Å². The van der Waals surface area contributed by atoms with E-state index >= 15 is 0 Å². The molecule has 0 aromatic rings. The molecule has 5 rings (SSSR count). The predicted molar refractivity (Wildman–Crippen MR) is 128 cm³/mol. The van der Waals surface area contributed by atoms with Gasteiger partial charge in [-0.1, -0.05) is 33.8 Å². The van der Waals surface area contributed by atoms with Crippen molar-refractivity contribution >= 4 is 11.8 Å². The van der Waals surface area contributed by atoms with Crippen molar-refractivity contribution in [3.8, 4) is 0 Å². The van der Waals surface area contributed by atoms with E-state index in [0.717, 1.165) is 37.5 Å². The molecular weight excluding hydrogens is 412 g/mol.